The Morgan fingerprint density at radius 3 is 1.00 bits per heavy atom. The van der Waals surface area contributed by atoms with Crippen molar-refractivity contribution in [2.24, 2.45) is 0 Å². The molecular formula is H5AlMgNbTi. The van der Waals surface area contributed by atoms with Crippen LogP contribution in [0.1, 0.15) is 0 Å². The smallest absolute Gasteiger partial charge is 0 e. The van der Waals surface area contributed by atoms with E-state index < -0.39 is 0 Å². The first kappa shape index (κ1) is 29.5. The summed E-state index contributed by atoms with van der Waals surface area (Å²) in [6.45, 7) is 0. The first-order chi connectivity index (χ1) is 0. The van der Waals surface area contributed by atoms with E-state index in [0.29, 0.717) is 0 Å². The molecule has 0 aromatic rings. The van der Waals surface area contributed by atoms with E-state index in [4.69, 9.17) is 0 Å². The van der Waals surface area contributed by atoms with Gasteiger partial charge in [-0.1, -0.05) is 0 Å². The van der Waals surface area contributed by atoms with E-state index in [1.54, 1.807) is 0 Å². The van der Waals surface area contributed by atoms with Gasteiger partial charge in [0.05, 0.1) is 0 Å². The maximum atomic E-state index is 0. The Kier molecular flexibility index (Phi) is 126. The van der Waals surface area contributed by atoms with Gasteiger partial charge in [0.15, 0.2) is 17.4 Å². The minimum Gasteiger partial charge on any atom is 0 e. The SMILES string of the molecule is [AlH3].[MgH2].[Nb].[Ti]. The minimum absolute atomic E-state index is 0. The molecule has 4 heteroatoms. The van der Waals surface area contributed by atoms with Crippen LogP contribution in [0.4, 0.5) is 0 Å². The Morgan fingerprint density at radius 1 is 1.00 bits per heavy atom. The summed E-state index contributed by atoms with van der Waals surface area (Å²) in [7, 11) is 0. The molecule has 1 radical (unpaired) electrons. The molecule has 0 saturated heterocycles. The van der Waals surface area contributed by atoms with Crippen LogP contribution in [-0.2, 0) is 44.1 Å². The normalized spacial score (nSPS) is 0. The topological polar surface area (TPSA) is 0 Å². The van der Waals surface area contributed by atoms with E-state index in [0.717, 1.165) is 0 Å². The van der Waals surface area contributed by atoms with Crippen LogP contribution in [0.3, 0.4) is 0 Å². The minimum atomic E-state index is 0. The van der Waals surface area contributed by atoms with Crippen molar-refractivity contribution in [3.8, 4) is 0 Å². The third-order valence-corrected chi connectivity index (χ3v) is 0. The van der Waals surface area contributed by atoms with Gasteiger partial charge in [-0.2, -0.15) is 0 Å². The van der Waals surface area contributed by atoms with E-state index >= 15 is 0 Å². The Labute approximate surface area is 83.2 Å². The molecule has 0 heterocycles. The molecule has 19 valence electrons. The summed E-state index contributed by atoms with van der Waals surface area (Å²) in [6, 6.07) is 0. The van der Waals surface area contributed by atoms with Crippen LogP contribution in [0.25, 0.3) is 0 Å². The van der Waals surface area contributed by atoms with Crippen molar-refractivity contribution in [2.75, 3.05) is 0 Å². The average Bonchev–Trinajstić information content (AvgIpc) is 0. The molecule has 0 N–H and O–H groups in total. The molecule has 0 rings (SSSR count). The van der Waals surface area contributed by atoms with Gasteiger partial charge in [-0.05, 0) is 0 Å². The molecule has 0 bridgehead atoms. The van der Waals surface area contributed by atoms with Gasteiger partial charge in [-0.15, -0.1) is 0 Å². The molecule has 0 atom stereocenters. The van der Waals surface area contributed by atoms with E-state index in [2.05, 4.69) is 0 Å². The van der Waals surface area contributed by atoms with Gasteiger partial charge in [-0.25, -0.2) is 0 Å². The molecule has 0 amide bonds. The van der Waals surface area contributed by atoms with Crippen LogP contribution >= 0.6 is 0 Å². The summed E-state index contributed by atoms with van der Waals surface area (Å²) in [5, 5.41) is 0. The molecule has 0 unspecified atom stereocenters. The van der Waals surface area contributed by atoms with Gasteiger partial charge in [0, 0.05) is 44.1 Å². The van der Waals surface area contributed by atoms with Crippen LogP contribution in [-0.4, -0.2) is 40.4 Å². The van der Waals surface area contributed by atoms with E-state index in [1.807, 2.05) is 0 Å². The molecule has 0 aliphatic carbocycles. The third kappa shape index (κ3) is 8.83. The molecule has 0 aliphatic rings. The van der Waals surface area contributed by atoms with E-state index in [1.165, 1.54) is 0 Å². The number of hydrogen-bond acceptors (Lipinski definition) is 0. The fourth-order valence-corrected chi connectivity index (χ4v) is 0. The fraction of sp³-hybridized carbons (Fsp3) is 0. The van der Waals surface area contributed by atoms with E-state index in [9.17, 15) is 0 Å². The molecule has 0 spiro atoms. The zero-order valence-corrected chi connectivity index (χ0v) is 4.71. The second kappa shape index (κ2) is 17.1. The van der Waals surface area contributed by atoms with Crippen LogP contribution in [0.15, 0.2) is 0 Å². The maximum absolute atomic E-state index is 0. The van der Waals surface area contributed by atoms with Crippen molar-refractivity contribution in [3.05, 3.63) is 0 Å². The van der Waals surface area contributed by atoms with Crippen molar-refractivity contribution >= 4 is 40.4 Å². The molecule has 0 fully saturated rings. The first-order valence-corrected chi connectivity index (χ1v) is 0. The summed E-state index contributed by atoms with van der Waals surface area (Å²) in [4.78, 5) is 0. The molecular weight excluding hydrogens is 192 g/mol. The van der Waals surface area contributed by atoms with Crippen LogP contribution in [0, 0.1) is 0 Å². The molecule has 4 heavy (non-hydrogen) atoms. The molecule has 0 nitrogen and oxygen atoms in total. The van der Waals surface area contributed by atoms with Gasteiger partial charge in [0.25, 0.3) is 0 Å². The molecule has 0 aromatic carbocycles. The van der Waals surface area contributed by atoms with Gasteiger partial charge < -0.3 is 0 Å². The first-order valence-electron chi connectivity index (χ1n) is 0. The Hall–Kier alpha value is 2.75. The largest absolute Gasteiger partial charge is 0.316 e. The van der Waals surface area contributed by atoms with Gasteiger partial charge >= 0.3 is 23.1 Å². The second-order valence-corrected chi connectivity index (χ2v) is 0. The second-order valence-electron chi connectivity index (χ2n) is 0. The van der Waals surface area contributed by atoms with Gasteiger partial charge in [0.1, 0.15) is 0 Å². The Balaban J connectivity index is 0. The quantitative estimate of drug-likeness (QED) is 0.390. The standard InChI is InChI=1S/Al.Mg.Nb.Ti.5H. The Bertz CT molecular complexity index is 8.00. The van der Waals surface area contributed by atoms with Crippen molar-refractivity contribution in [1.82, 2.24) is 0 Å². The van der Waals surface area contributed by atoms with Crippen LogP contribution in [0.2, 0.25) is 0 Å². The Morgan fingerprint density at radius 2 is 1.00 bits per heavy atom. The average molecular weight is 197 g/mol. The third-order valence-electron chi connectivity index (χ3n) is 0. The summed E-state index contributed by atoms with van der Waals surface area (Å²) >= 11 is 0. The van der Waals surface area contributed by atoms with Gasteiger partial charge in [-0.3, -0.25) is 0 Å². The van der Waals surface area contributed by atoms with Crippen LogP contribution in [0.5, 0.6) is 0 Å². The van der Waals surface area contributed by atoms with Crippen molar-refractivity contribution in [3.63, 3.8) is 0 Å². The van der Waals surface area contributed by atoms with Gasteiger partial charge in [0.2, 0.25) is 0 Å². The summed E-state index contributed by atoms with van der Waals surface area (Å²) in [6.07, 6.45) is 0. The fourth-order valence-electron chi connectivity index (χ4n) is 0. The monoisotopic (exact) mass is 197 g/mol. The molecule has 0 aliphatic heterocycles. The molecule has 0 saturated carbocycles. The maximum Gasteiger partial charge on any atom is 0.316 e. The predicted octanol–water partition coefficient (Wildman–Crippen LogP) is -2.11. The van der Waals surface area contributed by atoms with Crippen molar-refractivity contribution < 1.29 is 44.1 Å². The number of rotatable bonds is 0. The zero-order chi connectivity index (χ0) is 0. The summed E-state index contributed by atoms with van der Waals surface area (Å²) in [5.74, 6) is 0. The van der Waals surface area contributed by atoms with Crippen LogP contribution < -0.4 is 0 Å². The predicted molar refractivity (Wildman–Crippen MR) is 18.5 cm³/mol. The van der Waals surface area contributed by atoms with Crippen molar-refractivity contribution in [2.45, 2.75) is 0 Å². The van der Waals surface area contributed by atoms with Crippen molar-refractivity contribution in [1.29, 1.82) is 0 Å². The summed E-state index contributed by atoms with van der Waals surface area (Å²) < 4.78 is 0. The molecule has 0 aromatic heterocycles. The summed E-state index contributed by atoms with van der Waals surface area (Å²) in [5.41, 5.74) is 0. The number of hydrogen-bond donors (Lipinski definition) is 0. The zero-order valence-electron chi connectivity index (χ0n) is 0.947. The van der Waals surface area contributed by atoms with E-state index in [-0.39, 0.29) is 84.5 Å².